The van der Waals surface area contributed by atoms with E-state index in [1.807, 2.05) is 0 Å². The maximum atomic E-state index is 9.58. The average molecular weight is 248 g/mol. The Morgan fingerprint density at radius 3 is 2.44 bits per heavy atom. The molecule has 2 unspecified atom stereocenters. The fourth-order valence-electron chi connectivity index (χ4n) is 3.20. The molecule has 2 aliphatic carbocycles. The molecule has 18 heavy (non-hydrogen) atoms. The second-order valence-electron chi connectivity index (χ2n) is 7.51. The highest BCUT2D eigenvalue weighted by Gasteiger charge is 2.37. The number of nitrogens with one attached hydrogen (secondary N) is 1. The summed E-state index contributed by atoms with van der Waals surface area (Å²) in [4.78, 5) is 0. The zero-order chi connectivity index (χ0) is 13.2. The van der Waals surface area contributed by atoms with E-state index in [2.05, 4.69) is 32.2 Å². The van der Waals surface area contributed by atoms with Gasteiger partial charge in [-0.3, -0.25) is 5.32 Å². The molecular formula is C16H28N2. The maximum Gasteiger partial charge on any atom is 0.106 e. The van der Waals surface area contributed by atoms with Crippen LogP contribution in [0.2, 0.25) is 0 Å². The molecule has 2 fully saturated rings. The Balaban J connectivity index is 1.94. The standard InChI is InChI=1S/C16H28N2/c1-15(2,3)14-5-4-9-16(12-17,10-8-14)18-11-13-6-7-13/h13-14,18H,4-11H2,1-3H3. The summed E-state index contributed by atoms with van der Waals surface area (Å²) < 4.78 is 0. The van der Waals surface area contributed by atoms with E-state index >= 15 is 0 Å². The van der Waals surface area contributed by atoms with Crippen LogP contribution in [-0.2, 0) is 0 Å². The van der Waals surface area contributed by atoms with Gasteiger partial charge in [-0.05, 0) is 62.3 Å². The predicted molar refractivity (Wildman–Crippen MR) is 75.1 cm³/mol. The van der Waals surface area contributed by atoms with Crippen molar-refractivity contribution in [3.63, 3.8) is 0 Å². The van der Waals surface area contributed by atoms with Gasteiger partial charge < -0.3 is 0 Å². The van der Waals surface area contributed by atoms with Gasteiger partial charge in [0.2, 0.25) is 0 Å². The fourth-order valence-corrected chi connectivity index (χ4v) is 3.20. The van der Waals surface area contributed by atoms with E-state index in [0.29, 0.717) is 5.41 Å². The molecular weight excluding hydrogens is 220 g/mol. The lowest BCUT2D eigenvalue weighted by molar-refractivity contribution is 0.211. The fraction of sp³-hybridized carbons (Fsp3) is 0.938. The van der Waals surface area contributed by atoms with Crippen molar-refractivity contribution in [2.75, 3.05) is 6.54 Å². The van der Waals surface area contributed by atoms with E-state index in [9.17, 15) is 5.26 Å². The lowest BCUT2D eigenvalue weighted by atomic mass is 9.76. The Kier molecular flexibility index (Phi) is 4.02. The van der Waals surface area contributed by atoms with Gasteiger partial charge >= 0.3 is 0 Å². The summed E-state index contributed by atoms with van der Waals surface area (Å²) in [6.07, 6.45) is 8.50. The summed E-state index contributed by atoms with van der Waals surface area (Å²) >= 11 is 0. The molecule has 0 spiro atoms. The molecule has 0 radical (unpaired) electrons. The summed E-state index contributed by atoms with van der Waals surface area (Å²) in [5.74, 6) is 1.63. The molecule has 0 bridgehead atoms. The van der Waals surface area contributed by atoms with E-state index in [1.165, 1.54) is 32.1 Å². The van der Waals surface area contributed by atoms with Crippen molar-refractivity contribution in [3.05, 3.63) is 0 Å². The van der Waals surface area contributed by atoms with Crippen LogP contribution in [0.3, 0.4) is 0 Å². The van der Waals surface area contributed by atoms with Crippen molar-refractivity contribution in [2.45, 2.75) is 71.3 Å². The monoisotopic (exact) mass is 248 g/mol. The third kappa shape index (κ3) is 3.48. The van der Waals surface area contributed by atoms with Crippen molar-refractivity contribution in [2.24, 2.45) is 17.3 Å². The van der Waals surface area contributed by atoms with Gasteiger partial charge in [-0.25, -0.2) is 0 Å². The van der Waals surface area contributed by atoms with Crippen LogP contribution in [-0.4, -0.2) is 12.1 Å². The minimum Gasteiger partial charge on any atom is -0.299 e. The SMILES string of the molecule is CC(C)(C)C1CCCC(C#N)(NCC2CC2)CC1. The van der Waals surface area contributed by atoms with Gasteiger partial charge in [-0.15, -0.1) is 0 Å². The van der Waals surface area contributed by atoms with Crippen LogP contribution in [0.5, 0.6) is 0 Å². The van der Waals surface area contributed by atoms with Gasteiger partial charge in [0, 0.05) is 0 Å². The number of hydrogen-bond acceptors (Lipinski definition) is 2. The van der Waals surface area contributed by atoms with Crippen molar-refractivity contribution in [3.8, 4) is 6.07 Å². The normalized spacial score (nSPS) is 33.8. The zero-order valence-corrected chi connectivity index (χ0v) is 12.3. The maximum absolute atomic E-state index is 9.58. The minimum absolute atomic E-state index is 0.220. The van der Waals surface area contributed by atoms with Crippen LogP contribution in [0.15, 0.2) is 0 Å². The first-order chi connectivity index (χ1) is 8.45. The molecule has 0 saturated heterocycles. The number of hydrogen-bond donors (Lipinski definition) is 1. The molecule has 0 aromatic heterocycles. The number of rotatable bonds is 3. The summed E-state index contributed by atoms with van der Waals surface area (Å²) in [7, 11) is 0. The van der Waals surface area contributed by atoms with Crippen LogP contribution >= 0.6 is 0 Å². The lowest BCUT2D eigenvalue weighted by Crippen LogP contribution is -2.44. The van der Waals surface area contributed by atoms with Crippen molar-refractivity contribution < 1.29 is 0 Å². The smallest absolute Gasteiger partial charge is 0.106 e. The van der Waals surface area contributed by atoms with Crippen LogP contribution in [0.25, 0.3) is 0 Å². The summed E-state index contributed by atoms with van der Waals surface area (Å²) in [5.41, 5.74) is 0.171. The van der Waals surface area contributed by atoms with Gasteiger partial charge in [-0.1, -0.05) is 27.2 Å². The molecule has 0 heterocycles. The van der Waals surface area contributed by atoms with Gasteiger partial charge in [0.05, 0.1) is 6.07 Å². The second-order valence-corrected chi connectivity index (χ2v) is 7.51. The highest BCUT2D eigenvalue weighted by molar-refractivity contribution is 5.09. The molecule has 0 amide bonds. The quantitative estimate of drug-likeness (QED) is 0.769. The van der Waals surface area contributed by atoms with E-state index < -0.39 is 0 Å². The van der Waals surface area contributed by atoms with Crippen LogP contribution in [0.4, 0.5) is 0 Å². The summed E-state index contributed by atoms with van der Waals surface area (Å²) in [6, 6.07) is 2.60. The second kappa shape index (κ2) is 5.21. The highest BCUT2D eigenvalue weighted by atomic mass is 15.0. The third-order valence-electron chi connectivity index (χ3n) is 4.94. The first kappa shape index (κ1) is 13.9. The molecule has 2 saturated carbocycles. The van der Waals surface area contributed by atoms with Gasteiger partial charge in [0.1, 0.15) is 5.54 Å². The van der Waals surface area contributed by atoms with Crippen molar-refractivity contribution in [1.29, 1.82) is 5.26 Å². The first-order valence-corrected chi connectivity index (χ1v) is 7.61. The highest BCUT2D eigenvalue weighted by Crippen LogP contribution is 2.40. The molecule has 2 atom stereocenters. The molecule has 2 aliphatic rings. The van der Waals surface area contributed by atoms with E-state index in [1.54, 1.807) is 0 Å². The van der Waals surface area contributed by atoms with Gasteiger partial charge in [0.25, 0.3) is 0 Å². The lowest BCUT2D eigenvalue weighted by Gasteiger charge is -2.31. The largest absolute Gasteiger partial charge is 0.299 e. The molecule has 0 aromatic carbocycles. The zero-order valence-electron chi connectivity index (χ0n) is 12.3. The number of nitrogens with zero attached hydrogens (tertiary/aromatic N) is 1. The number of nitriles is 1. The molecule has 102 valence electrons. The molecule has 2 heteroatoms. The minimum atomic E-state index is -0.220. The molecule has 1 N–H and O–H groups in total. The topological polar surface area (TPSA) is 35.8 Å². The molecule has 0 aromatic rings. The van der Waals surface area contributed by atoms with E-state index in [0.717, 1.165) is 31.2 Å². The molecule has 2 rings (SSSR count). The van der Waals surface area contributed by atoms with Gasteiger partial charge in [0.15, 0.2) is 0 Å². The van der Waals surface area contributed by atoms with Crippen LogP contribution < -0.4 is 5.32 Å². The summed E-state index contributed by atoms with van der Waals surface area (Å²) in [5, 5.41) is 13.2. The Bertz CT molecular complexity index is 319. The Morgan fingerprint density at radius 1 is 1.17 bits per heavy atom. The van der Waals surface area contributed by atoms with Crippen LogP contribution in [0.1, 0.15) is 65.7 Å². The van der Waals surface area contributed by atoms with Crippen LogP contribution in [0, 0.1) is 28.6 Å². The Hall–Kier alpha value is -0.550. The summed E-state index contributed by atoms with van der Waals surface area (Å²) in [6.45, 7) is 8.09. The first-order valence-electron chi connectivity index (χ1n) is 7.61. The third-order valence-corrected chi connectivity index (χ3v) is 4.94. The van der Waals surface area contributed by atoms with E-state index in [4.69, 9.17) is 0 Å². The molecule has 0 aliphatic heterocycles. The molecule has 2 nitrogen and oxygen atoms in total. The average Bonchev–Trinajstić information content (AvgIpc) is 3.12. The Morgan fingerprint density at radius 2 is 1.89 bits per heavy atom. The Labute approximate surface area is 112 Å². The van der Waals surface area contributed by atoms with Crippen molar-refractivity contribution in [1.82, 2.24) is 5.32 Å². The van der Waals surface area contributed by atoms with E-state index in [-0.39, 0.29) is 5.54 Å². The predicted octanol–water partition coefficient (Wildman–Crippen LogP) is 3.87. The van der Waals surface area contributed by atoms with Crippen molar-refractivity contribution >= 4 is 0 Å². The van der Waals surface area contributed by atoms with Gasteiger partial charge in [-0.2, -0.15) is 5.26 Å².